The molecule has 0 amide bonds. The third kappa shape index (κ3) is 4.02. The molecule has 21 heavy (non-hydrogen) atoms. The lowest BCUT2D eigenvalue weighted by Crippen LogP contribution is -2.43. The standard InChI is InChI=1S/C12H14BrCl3N2O2S/c1-7-9(13)10(19)17(8-5-3-2-4-6-8)11(20)18(7)21-12(14,15)16/h8H,2-6H2,1H3. The van der Waals surface area contributed by atoms with Crippen LogP contribution in [0.1, 0.15) is 43.8 Å². The van der Waals surface area contributed by atoms with Gasteiger partial charge >= 0.3 is 5.69 Å². The second-order valence-electron chi connectivity index (χ2n) is 4.98. The van der Waals surface area contributed by atoms with Crippen LogP contribution in [0.4, 0.5) is 0 Å². The Morgan fingerprint density at radius 1 is 1.19 bits per heavy atom. The summed E-state index contributed by atoms with van der Waals surface area (Å²) in [6.45, 7) is 1.64. The summed E-state index contributed by atoms with van der Waals surface area (Å²) in [5.41, 5.74) is -0.317. The monoisotopic (exact) mass is 434 g/mol. The topological polar surface area (TPSA) is 44.0 Å². The minimum atomic E-state index is -1.68. The predicted molar refractivity (Wildman–Crippen MR) is 92.8 cm³/mol. The summed E-state index contributed by atoms with van der Waals surface area (Å²) in [5, 5.41) is 0. The van der Waals surface area contributed by atoms with E-state index in [1.165, 1.54) is 8.54 Å². The maximum Gasteiger partial charge on any atom is 0.341 e. The molecule has 4 nitrogen and oxygen atoms in total. The molecule has 1 aromatic rings. The molecule has 0 saturated heterocycles. The fourth-order valence-corrected chi connectivity index (χ4v) is 4.26. The van der Waals surface area contributed by atoms with Gasteiger partial charge in [-0.2, -0.15) is 0 Å². The van der Waals surface area contributed by atoms with E-state index >= 15 is 0 Å². The largest absolute Gasteiger partial charge is 0.341 e. The molecule has 9 heteroatoms. The number of halogens is 4. The van der Waals surface area contributed by atoms with Crippen molar-refractivity contribution in [2.24, 2.45) is 0 Å². The number of alkyl halides is 3. The Balaban J connectivity index is 2.60. The van der Waals surface area contributed by atoms with E-state index in [1.54, 1.807) is 6.92 Å². The van der Waals surface area contributed by atoms with Crippen LogP contribution in [-0.2, 0) is 0 Å². The highest BCUT2D eigenvalue weighted by molar-refractivity contribution is 9.10. The van der Waals surface area contributed by atoms with Crippen molar-refractivity contribution in [2.75, 3.05) is 0 Å². The van der Waals surface area contributed by atoms with Crippen molar-refractivity contribution < 1.29 is 0 Å². The van der Waals surface area contributed by atoms with Crippen molar-refractivity contribution >= 4 is 62.7 Å². The van der Waals surface area contributed by atoms with Crippen LogP contribution in [0.15, 0.2) is 14.1 Å². The molecule has 2 rings (SSSR count). The molecule has 0 aromatic carbocycles. The van der Waals surface area contributed by atoms with Gasteiger partial charge in [-0.3, -0.25) is 9.36 Å². The molecular formula is C12H14BrCl3N2O2S. The predicted octanol–water partition coefficient (Wildman–Crippen LogP) is 4.41. The van der Waals surface area contributed by atoms with Crippen LogP contribution in [0.5, 0.6) is 0 Å². The summed E-state index contributed by atoms with van der Waals surface area (Å²) in [5.74, 6) is 0. The van der Waals surface area contributed by atoms with Crippen molar-refractivity contribution in [2.45, 2.75) is 48.2 Å². The number of aromatic nitrogens is 2. The van der Waals surface area contributed by atoms with Crippen LogP contribution in [0.25, 0.3) is 0 Å². The highest BCUT2D eigenvalue weighted by atomic mass is 79.9. The lowest BCUT2D eigenvalue weighted by Gasteiger charge is -2.25. The van der Waals surface area contributed by atoms with Crippen molar-refractivity contribution in [1.29, 1.82) is 0 Å². The summed E-state index contributed by atoms with van der Waals surface area (Å²) in [7, 11) is 0. The van der Waals surface area contributed by atoms with Gasteiger partial charge in [0.15, 0.2) is 0 Å². The Morgan fingerprint density at radius 2 is 1.76 bits per heavy atom. The van der Waals surface area contributed by atoms with E-state index in [4.69, 9.17) is 34.8 Å². The Labute approximate surface area is 150 Å². The van der Waals surface area contributed by atoms with Crippen molar-refractivity contribution in [3.05, 3.63) is 31.0 Å². The van der Waals surface area contributed by atoms with Gasteiger partial charge in [-0.05, 0) is 35.7 Å². The van der Waals surface area contributed by atoms with Crippen molar-refractivity contribution in [3.63, 3.8) is 0 Å². The Bertz CT molecular complexity index is 648. The minimum absolute atomic E-state index is 0.0853. The Morgan fingerprint density at radius 3 is 2.29 bits per heavy atom. The van der Waals surface area contributed by atoms with Gasteiger partial charge in [0.2, 0.25) is 0 Å². The molecule has 0 unspecified atom stereocenters. The Kier molecular flexibility index (Phi) is 5.80. The SMILES string of the molecule is Cc1c(Br)c(=O)n(C2CCCCC2)c(=O)n1SC(Cl)(Cl)Cl. The van der Waals surface area contributed by atoms with Crippen LogP contribution in [0.2, 0.25) is 0 Å². The second-order valence-corrected chi connectivity index (χ2v) is 9.89. The zero-order valence-electron chi connectivity index (χ0n) is 11.2. The summed E-state index contributed by atoms with van der Waals surface area (Å²) in [4.78, 5) is 25.1. The molecule has 1 heterocycles. The van der Waals surface area contributed by atoms with E-state index in [9.17, 15) is 9.59 Å². The number of hydrogen-bond donors (Lipinski definition) is 0. The smallest absolute Gasteiger partial charge is 0.268 e. The molecular weight excluding hydrogens is 422 g/mol. The molecule has 0 atom stereocenters. The lowest BCUT2D eigenvalue weighted by molar-refractivity contribution is 0.334. The molecule has 1 aliphatic carbocycles. The second kappa shape index (κ2) is 6.87. The van der Waals surface area contributed by atoms with E-state index in [-0.39, 0.29) is 11.6 Å². The number of nitrogens with zero attached hydrogens (tertiary/aromatic N) is 2. The molecule has 1 aromatic heterocycles. The molecule has 0 spiro atoms. The van der Waals surface area contributed by atoms with Crippen LogP contribution in [0, 0.1) is 6.92 Å². The van der Waals surface area contributed by atoms with E-state index in [1.807, 2.05) is 0 Å². The first kappa shape index (κ1) is 17.7. The molecule has 1 fully saturated rings. The van der Waals surface area contributed by atoms with E-state index < -0.39 is 8.81 Å². The normalized spacial score (nSPS) is 17.2. The molecule has 0 bridgehead atoms. The highest BCUT2D eigenvalue weighted by Crippen LogP contribution is 2.39. The number of hydrogen-bond acceptors (Lipinski definition) is 3. The summed E-state index contributed by atoms with van der Waals surface area (Å²) >= 11 is 21.3. The van der Waals surface area contributed by atoms with Gasteiger partial charge < -0.3 is 0 Å². The van der Waals surface area contributed by atoms with Crippen molar-refractivity contribution in [3.8, 4) is 0 Å². The van der Waals surface area contributed by atoms with Crippen LogP contribution < -0.4 is 11.2 Å². The average Bonchev–Trinajstić information content (AvgIpc) is 2.42. The van der Waals surface area contributed by atoms with Gasteiger partial charge in [0.05, 0.1) is 5.69 Å². The summed E-state index contributed by atoms with van der Waals surface area (Å²) < 4.78 is 1.21. The summed E-state index contributed by atoms with van der Waals surface area (Å²) in [6.07, 6.45) is 4.81. The minimum Gasteiger partial charge on any atom is -0.268 e. The fraction of sp³-hybridized carbons (Fsp3) is 0.667. The maximum atomic E-state index is 12.6. The van der Waals surface area contributed by atoms with Gasteiger partial charge in [-0.15, -0.1) is 0 Å². The van der Waals surface area contributed by atoms with Gasteiger partial charge in [0.25, 0.3) is 8.68 Å². The van der Waals surface area contributed by atoms with E-state index in [2.05, 4.69) is 15.9 Å². The van der Waals surface area contributed by atoms with Gasteiger partial charge in [0.1, 0.15) is 4.47 Å². The van der Waals surface area contributed by atoms with Crippen molar-refractivity contribution in [1.82, 2.24) is 8.54 Å². The zero-order chi connectivity index (χ0) is 15.8. The molecule has 0 aliphatic heterocycles. The molecule has 1 saturated carbocycles. The number of rotatable bonds is 2. The zero-order valence-corrected chi connectivity index (χ0v) is 15.9. The van der Waals surface area contributed by atoms with E-state index in [0.29, 0.717) is 10.2 Å². The lowest BCUT2D eigenvalue weighted by atomic mass is 9.95. The average molecular weight is 437 g/mol. The summed E-state index contributed by atoms with van der Waals surface area (Å²) in [6, 6.07) is -0.0853. The van der Waals surface area contributed by atoms with Gasteiger partial charge in [-0.25, -0.2) is 8.77 Å². The molecule has 0 radical (unpaired) electrons. The first-order valence-electron chi connectivity index (χ1n) is 6.52. The molecule has 0 N–H and O–H groups in total. The maximum absolute atomic E-state index is 12.6. The van der Waals surface area contributed by atoms with Gasteiger partial charge in [-0.1, -0.05) is 54.1 Å². The van der Waals surface area contributed by atoms with Crippen LogP contribution in [0.3, 0.4) is 0 Å². The quantitative estimate of drug-likeness (QED) is 0.645. The first-order valence-corrected chi connectivity index (χ1v) is 9.22. The van der Waals surface area contributed by atoms with Crippen LogP contribution in [-0.4, -0.2) is 11.7 Å². The van der Waals surface area contributed by atoms with Crippen LogP contribution >= 0.6 is 62.7 Å². The highest BCUT2D eigenvalue weighted by Gasteiger charge is 2.28. The first-order chi connectivity index (χ1) is 9.72. The third-order valence-electron chi connectivity index (χ3n) is 3.54. The van der Waals surface area contributed by atoms with E-state index in [0.717, 1.165) is 44.1 Å². The molecule has 118 valence electrons. The molecule has 1 aliphatic rings. The fourth-order valence-electron chi connectivity index (χ4n) is 2.55. The third-order valence-corrected chi connectivity index (χ3v) is 5.90. The van der Waals surface area contributed by atoms with Gasteiger partial charge in [0, 0.05) is 18.0 Å². The Hall–Kier alpha value is 0.380.